The first-order valence-corrected chi connectivity index (χ1v) is 6.67. The Hall–Kier alpha value is -2.98. The molecule has 1 atom stereocenters. The summed E-state index contributed by atoms with van der Waals surface area (Å²) in [5.41, 5.74) is 0.559. The number of urea groups is 1. The average molecular weight is 317 g/mol. The van der Waals surface area contributed by atoms with Gasteiger partial charge in [-0.2, -0.15) is 5.26 Å². The minimum Gasteiger partial charge on any atom is -0.394 e. The topological polar surface area (TPSA) is 85.2 Å². The van der Waals surface area contributed by atoms with Gasteiger partial charge in [0.2, 0.25) is 0 Å². The van der Waals surface area contributed by atoms with Crippen molar-refractivity contribution < 1.29 is 18.7 Å². The standard InChI is InChI=1S/C16H13F2N3O2/c17-11-4-5-14(18)13(7-11)15(9-22)21-16(23)20-12-3-1-2-10(6-12)8-19/h1-7,15,22H,9H2,(H2,20,21,23)/t15-/m0/s1. The number of anilines is 1. The van der Waals surface area contributed by atoms with Crippen molar-refractivity contribution in [3.05, 3.63) is 65.2 Å². The third-order valence-corrected chi connectivity index (χ3v) is 3.07. The van der Waals surface area contributed by atoms with E-state index in [1.807, 2.05) is 6.07 Å². The van der Waals surface area contributed by atoms with Gasteiger partial charge in [-0.3, -0.25) is 0 Å². The molecule has 0 fully saturated rings. The lowest BCUT2D eigenvalue weighted by molar-refractivity contribution is 0.223. The normalized spacial score (nSPS) is 11.4. The molecule has 0 saturated carbocycles. The van der Waals surface area contributed by atoms with Gasteiger partial charge in [0.05, 0.1) is 24.3 Å². The van der Waals surface area contributed by atoms with E-state index in [-0.39, 0.29) is 5.56 Å². The zero-order valence-corrected chi connectivity index (χ0v) is 11.9. The van der Waals surface area contributed by atoms with Crippen LogP contribution in [0.2, 0.25) is 0 Å². The molecule has 0 spiro atoms. The molecular formula is C16H13F2N3O2. The number of carbonyl (C=O) groups is 1. The molecule has 0 saturated heterocycles. The van der Waals surface area contributed by atoms with Gasteiger partial charge in [-0.1, -0.05) is 6.07 Å². The van der Waals surface area contributed by atoms with Gasteiger partial charge in [0.1, 0.15) is 11.6 Å². The third-order valence-electron chi connectivity index (χ3n) is 3.07. The highest BCUT2D eigenvalue weighted by molar-refractivity contribution is 5.89. The highest BCUT2D eigenvalue weighted by atomic mass is 19.1. The fourth-order valence-corrected chi connectivity index (χ4v) is 2.00. The molecular weight excluding hydrogens is 304 g/mol. The Morgan fingerprint density at radius 3 is 2.74 bits per heavy atom. The molecule has 5 nitrogen and oxygen atoms in total. The monoisotopic (exact) mass is 317 g/mol. The van der Waals surface area contributed by atoms with Crippen LogP contribution in [0.1, 0.15) is 17.2 Å². The minimum atomic E-state index is -1.11. The van der Waals surface area contributed by atoms with Gasteiger partial charge in [0, 0.05) is 11.3 Å². The Balaban J connectivity index is 2.11. The molecule has 0 aliphatic rings. The summed E-state index contributed by atoms with van der Waals surface area (Å²) >= 11 is 0. The van der Waals surface area contributed by atoms with Gasteiger partial charge in [-0.15, -0.1) is 0 Å². The molecule has 7 heteroatoms. The first-order valence-electron chi connectivity index (χ1n) is 6.67. The van der Waals surface area contributed by atoms with Gasteiger partial charge in [0.25, 0.3) is 0 Å². The molecule has 2 rings (SSSR count). The van der Waals surface area contributed by atoms with Crippen molar-refractivity contribution in [1.82, 2.24) is 5.32 Å². The number of benzene rings is 2. The number of hydrogen-bond acceptors (Lipinski definition) is 3. The van der Waals surface area contributed by atoms with Gasteiger partial charge in [-0.25, -0.2) is 13.6 Å². The molecule has 3 N–H and O–H groups in total. The Bertz CT molecular complexity index is 759. The molecule has 0 aromatic heterocycles. The minimum absolute atomic E-state index is 0.159. The number of halogens is 2. The molecule has 23 heavy (non-hydrogen) atoms. The lowest BCUT2D eigenvalue weighted by Crippen LogP contribution is -2.34. The summed E-state index contributed by atoms with van der Waals surface area (Å²) in [6.45, 7) is -0.605. The van der Waals surface area contributed by atoms with E-state index >= 15 is 0 Å². The van der Waals surface area contributed by atoms with Crippen LogP contribution in [0, 0.1) is 23.0 Å². The smallest absolute Gasteiger partial charge is 0.319 e. The Morgan fingerprint density at radius 1 is 1.26 bits per heavy atom. The van der Waals surface area contributed by atoms with Crippen LogP contribution in [0.3, 0.4) is 0 Å². The van der Waals surface area contributed by atoms with Crippen LogP contribution in [0.4, 0.5) is 19.3 Å². The predicted octanol–water partition coefficient (Wildman–Crippen LogP) is 2.69. The zero-order valence-electron chi connectivity index (χ0n) is 11.9. The first kappa shape index (κ1) is 16.4. The Morgan fingerprint density at radius 2 is 2.04 bits per heavy atom. The lowest BCUT2D eigenvalue weighted by atomic mass is 10.1. The molecule has 0 aliphatic heterocycles. The van der Waals surface area contributed by atoms with E-state index in [1.54, 1.807) is 18.2 Å². The van der Waals surface area contributed by atoms with Crippen LogP contribution in [0.5, 0.6) is 0 Å². The van der Waals surface area contributed by atoms with E-state index in [0.29, 0.717) is 11.3 Å². The quantitative estimate of drug-likeness (QED) is 0.810. The fourth-order valence-electron chi connectivity index (χ4n) is 2.00. The summed E-state index contributed by atoms with van der Waals surface area (Å²) in [6.07, 6.45) is 0. The second-order valence-corrected chi connectivity index (χ2v) is 4.69. The van der Waals surface area contributed by atoms with E-state index in [1.165, 1.54) is 6.07 Å². The van der Waals surface area contributed by atoms with E-state index in [0.717, 1.165) is 18.2 Å². The second kappa shape index (κ2) is 7.33. The Labute approximate surface area is 131 Å². The predicted molar refractivity (Wildman–Crippen MR) is 79.5 cm³/mol. The molecule has 2 aromatic rings. The largest absolute Gasteiger partial charge is 0.394 e. The van der Waals surface area contributed by atoms with Crippen molar-refractivity contribution in [2.45, 2.75) is 6.04 Å². The lowest BCUT2D eigenvalue weighted by Gasteiger charge is -2.18. The van der Waals surface area contributed by atoms with Crippen molar-refractivity contribution in [3.8, 4) is 6.07 Å². The van der Waals surface area contributed by atoms with Crippen molar-refractivity contribution in [1.29, 1.82) is 5.26 Å². The molecule has 0 heterocycles. The number of amides is 2. The number of nitrogens with one attached hydrogen (secondary N) is 2. The number of aliphatic hydroxyl groups is 1. The fraction of sp³-hybridized carbons (Fsp3) is 0.125. The third kappa shape index (κ3) is 4.25. The summed E-state index contributed by atoms with van der Waals surface area (Å²) in [6, 6.07) is 9.06. The number of nitrogens with zero attached hydrogens (tertiary/aromatic N) is 1. The number of rotatable bonds is 4. The van der Waals surface area contributed by atoms with Crippen LogP contribution in [0.15, 0.2) is 42.5 Å². The summed E-state index contributed by atoms with van der Waals surface area (Å²) < 4.78 is 26.9. The summed E-state index contributed by atoms with van der Waals surface area (Å²) in [7, 11) is 0. The van der Waals surface area contributed by atoms with E-state index in [2.05, 4.69) is 10.6 Å². The number of nitriles is 1. The van der Waals surface area contributed by atoms with E-state index < -0.39 is 30.3 Å². The summed E-state index contributed by atoms with van der Waals surface area (Å²) in [5.74, 6) is -1.42. The summed E-state index contributed by atoms with van der Waals surface area (Å²) in [4.78, 5) is 11.9. The summed E-state index contributed by atoms with van der Waals surface area (Å²) in [5, 5.41) is 22.9. The molecule has 2 aromatic carbocycles. The van der Waals surface area contributed by atoms with E-state index in [9.17, 15) is 18.7 Å². The maximum atomic E-state index is 13.7. The van der Waals surface area contributed by atoms with Crippen LogP contribution >= 0.6 is 0 Å². The van der Waals surface area contributed by atoms with Gasteiger partial charge in [0.15, 0.2) is 0 Å². The molecule has 0 radical (unpaired) electrons. The zero-order chi connectivity index (χ0) is 16.8. The maximum Gasteiger partial charge on any atom is 0.319 e. The first-order chi connectivity index (χ1) is 11.0. The Kier molecular flexibility index (Phi) is 5.23. The van der Waals surface area contributed by atoms with Crippen molar-refractivity contribution in [2.75, 3.05) is 11.9 Å². The molecule has 0 bridgehead atoms. The molecule has 2 amide bonds. The highest BCUT2D eigenvalue weighted by Crippen LogP contribution is 2.18. The van der Waals surface area contributed by atoms with Gasteiger partial charge in [-0.05, 0) is 36.4 Å². The van der Waals surface area contributed by atoms with Crippen molar-refractivity contribution in [2.24, 2.45) is 0 Å². The van der Waals surface area contributed by atoms with Crippen LogP contribution in [-0.4, -0.2) is 17.7 Å². The molecule has 118 valence electrons. The number of carbonyl (C=O) groups excluding carboxylic acids is 1. The average Bonchev–Trinajstić information content (AvgIpc) is 2.55. The second-order valence-electron chi connectivity index (χ2n) is 4.69. The van der Waals surface area contributed by atoms with E-state index in [4.69, 9.17) is 5.26 Å². The van der Waals surface area contributed by atoms with Crippen LogP contribution in [-0.2, 0) is 0 Å². The van der Waals surface area contributed by atoms with Gasteiger partial charge < -0.3 is 15.7 Å². The maximum absolute atomic E-state index is 13.7. The van der Waals surface area contributed by atoms with Crippen LogP contribution in [0.25, 0.3) is 0 Å². The van der Waals surface area contributed by atoms with Gasteiger partial charge >= 0.3 is 6.03 Å². The van der Waals surface area contributed by atoms with Crippen molar-refractivity contribution >= 4 is 11.7 Å². The number of hydrogen-bond donors (Lipinski definition) is 3. The molecule has 0 unspecified atom stereocenters. The number of aliphatic hydroxyl groups excluding tert-OH is 1. The molecule has 0 aliphatic carbocycles. The SMILES string of the molecule is N#Cc1cccc(NC(=O)N[C@@H](CO)c2cc(F)ccc2F)c1. The highest BCUT2D eigenvalue weighted by Gasteiger charge is 2.18. The van der Waals surface area contributed by atoms with Crippen molar-refractivity contribution in [3.63, 3.8) is 0 Å². The van der Waals surface area contributed by atoms with Crippen LogP contribution < -0.4 is 10.6 Å².